The van der Waals surface area contributed by atoms with Crippen LogP contribution in [0.5, 0.6) is 5.75 Å². The number of carbonyl (C=O) groups excluding carboxylic acids is 1. The predicted molar refractivity (Wildman–Crippen MR) is 91.7 cm³/mol. The van der Waals surface area contributed by atoms with Gasteiger partial charge in [0.05, 0.1) is 17.2 Å². The Morgan fingerprint density at radius 3 is 2.84 bits per heavy atom. The van der Waals surface area contributed by atoms with Gasteiger partial charge < -0.3 is 15.0 Å². The Bertz CT molecular complexity index is 739. The van der Waals surface area contributed by atoms with Crippen molar-refractivity contribution in [3.05, 3.63) is 52.6 Å². The number of ether oxygens (including phenoxy) is 1. The quantitative estimate of drug-likeness (QED) is 0.610. The van der Waals surface area contributed by atoms with Crippen molar-refractivity contribution in [3.63, 3.8) is 0 Å². The summed E-state index contributed by atoms with van der Waals surface area (Å²) in [6.45, 7) is 2.47. The number of benzene rings is 1. The summed E-state index contributed by atoms with van der Waals surface area (Å²) < 4.78 is 5.26. The number of hydrogen-bond acceptors (Lipinski definition) is 6. The Kier molecular flexibility index (Phi) is 6.21. The van der Waals surface area contributed by atoms with Crippen LogP contribution in [0.25, 0.3) is 0 Å². The Morgan fingerprint density at radius 1 is 1.40 bits per heavy atom. The van der Waals surface area contributed by atoms with Crippen molar-refractivity contribution in [3.8, 4) is 5.75 Å². The maximum absolute atomic E-state index is 12.2. The van der Waals surface area contributed by atoms with E-state index in [2.05, 4.69) is 15.3 Å². The lowest BCUT2D eigenvalue weighted by Gasteiger charge is -2.18. The zero-order chi connectivity index (χ0) is 18.2. The van der Waals surface area contributed by atoms with Crippen LogP contribution in [0.1, 0.15) is 12.6 Å². The summed E-state index contributed by atoms with van der Waals surface area (Å²) in [5, 5.41) is 13.7. The van der Waals surface area contributed by atoms with Crippen LogP contribution < -0.4 is 10.1 Å². The Labute approximate surface area is 144 Å². The normalized spacial score (nSPS) is 10.2. The van der Waals surface area contributed by atoms with E-state index in [4.69, 9.17) is 4.74 Å². The molecule has 0 aliphatic carbocycles. The van der Waals surface area contributed by atoms with Gasteiger partial charge in [-0.05, 0) is 13.0 Å². The molecule has 0 saturated carbocycles. The summed E-state index contributed by atoms with van der Waals surface area (Å²) in [6, 6.07) is 3.88. The number of carbonyl (C=O) groups is 1. The average Bonchev–Trinajstić information content (AvgIpc) is 2.60. The van der Waals surface area contributed by atoms with Crippen LogP contribution in [0.4, 0.5) is 16.2 Å². The number of aromatic nitrogens is 2. The van der Waals surface area contributed by atoms with Crippen LogP contribution in [0.3, 0.4) is 0 Å². The first-order valence-electron chi connectivity index (χ1n) is 7.69. The smallest absolute Gasteiger partial charge is 0.321 e. The minimum atomic E-state index is -0.524. The van der Waals surface area contributed by atoms with Crippen molar-refractivity contribution in [2.45, 2.75) is 13.3 Å². The molecule has 0 fully saturated rings. The summed E-state index contributed by atoms with van der Waals surface area (Å²) in [7, 11) is 1.65. The molecule has 0 saturated heterocycles. The highest BCUT2D eigenvalue weighted by Crippen LogP contribution is 2.30. The topological polar surface area (TPSA) is 110 Å². The van der Waals surface area contributed by atoms with E-state index in [1.807, 2.05) is 0 Å². The fourth-order valence-corrected chi connectivity index (χ4v) is 2.08. The second-order valence-electron chi connectivity index (χ2n) is 5.17. The zero-order valence-corrected chi connectivity index (χ0v) is 14.0. The van der Waals surface area contributed by atoms with Crippen molar-refractivity contribution in [1.82, 2.24) is 14.9 Å². The second kappa shape index (κ2) is 8.57. The molecule has 0 aliphatic rings. The lowest BCUT2D eigenvalue weighted by Crippen LogP contribution is -2.33. The van der Waals surface area contributed by atoms with Crippen molar-refractivity contribution in [2.75, 3.05) is 25.5 Å². The molecule has 2 rings (SSSR count). The fraction of sp³-hybridized carbons (Fsp3) is 0.312. The van der Waals surface area contributed by atoms with E-state index in [1.165, 1.54) is 23.1 Å². The summed E-state index contributed by atoms with van der Waals surface area (Å²) in [5.41, 5.74) is 1.07. The molecule has 0 unspecified atom stereocenters. The maximum atomic E-state index is 12.2. The third-order valence-corrected chi connectivity index (χ3v) is 3.37. The van der Waals surface area contributed by atoms with Crippen LogP contribution in [0.15, 0.2) is 36.8 Å². The maximum Gasteiger partial charge on any atom is 0.321 e. The predicted octanol–water partition coefficient (Wildman–Crippen LogP) is 2.49. The first kappa shape index (κ1) is 18.1. The van der Waals surface area contributed by atoms with Gasteiger partial charge in [0.1, 0.15) is 0 Å². The number of anilines is 1. The summed E-state index contributed by atoms with van der Waals surface area (Å²) in [6.07, 6.45) is 5.41. The van der Waals surface area contributed by atoms with E-state index in [0.717, 1.165) is 5.69 Å². The molecule has 2 aromatic rings. The lowest BCUT2D eigenvalue weighted by molar-refractivity contribution is -0.385. The number of urea groups is 1. The van der Waals surface area contributed by atoms with Gasteiger partial charge in [0.2, 0.25) is 0 Å². The first-order chi connectivity index (χ1) is 12.0. The van der Waals surface area contributed by atoms with Crippen LogP contribution >= 0.6 is 0 Å². The molecule has 132 valence electrons. The fourth-order valence-electron chi connectivity index (χ4n) is 2.08. The minimum absolute atomic E-state index is 0.118. The number of nitro groups is 1. The molecule has 9 nitrogen and oxygen atoms in total. The zero-order valence-electron chi connectivity index (χ0n) is 14.0. The van der Waals surface area contributed by atoms with Crippen LogP contribution in [-0.2, 0) is 6.42 Å². The van der Waals surface area contributed by atoms with Crippen LogP contribution in [-0.4, -0.2) is 46.0 Å². The molecule has 1 N–H and O–H groups in total. The Balaban J connectivity index is 1.99. The molecule has 0 spiro atoms. The Hall–Kier alpha value is -3.23. The van der Waals surface area contributed by atoms with Gasteiger partial charge in [-0.25, -0.2) is 4.79 Å². The van der Waals surface area contributed by atoms with Crippen molar-refractivity contribution < 1.29 is 14.5 Å². The van der Waals surface area contributed by atoms with Gasteiger partial charge in [0.15, 0.2) is 5.75 Å². The molecule has 1 aromatic heterocycles. The monoisotopic (exact) mass is 345 g/mol. The molecule has 0 radical (unpaired) electrons. The number of nitro benzene ring substituents is 1. The first-order valence-corrected chi connectivity index (χ1v) is 7.69. The van der Waals surface area contributed by atoms with E-state index in [9.17, 15) is 14.9 Å². The number of nitrogens with one attached hydrogen (secondary N) is 1. The van der Waals surface area contributed by atoms with Gasteiger partial charge in [0, 0.05) is 56.4 Å². The largest absolute Gasteiger partial charge is 0.487 e. The lowest BCUT2D eigenvalue weighted by atomic mass is 10.2. The number of likely N-dealkylation sites (N-methyl/N-ethyl adjacent to an activating group) is 1. The summed E-state index contributed by atoms with van der Waals surface area (Å²) >= 11 is 0. The van der Waals surface area contributed by atoms with Crippen molar-refractivity contribution in [1.29, 1.82) is 0 Å². The molecule has 0 aliphatic heterocycles. The van der Waals surface area contributed by atoms with Gasteiger partial charge in [0.25, 0.3) is 0 Å². The van der Waals surface area contributed by atoms with Gasteiger partial charge in [-0.15, -0.1) is 0 Å². The van der Waals surface area contributed by atoms with Gasteiger partial charge in [-0.1, -0.05) is 0 Å². The standard InChI is InChI=1S/C16H19N5O4/c1-3-25-15-10-12(4-5-14(15)21(23)24)19-16(22)20(2)9-6-13-11-17-7-8-18-13/h4-5,7-8,10-11H,3,6,9H2,1-2H3,(H,19,22). The number of amides is 2. The SMILES string of the molecule is CCOc1cc(NC(=O)N(C)CCc2cnccn2)ccc1[N+](=O)[O-]. The molecular weight excluding hydrogens is 326 g/mol. The highest BCUT2D eigenvalue weighted by Gasteiger charge is 2.17. The molecule has 0 atom stereocenters. The molecule has 1 aromatic carbocycles. The number of nitrogens with zero attached hydrogens (tertiary/aromatic N) is 4. The molecule has 1 heterocycles. The molecule has 25 heavy (non-hydrogen) atoms. The van der Waals surface area contributed by atoms with Gasteiger partial charge >= 0.3 is 11.7 Å². The molecule has 9 heteroatoms. The van der Waals surface area contributed by atoms with Crippen molar-refractivity contribution >= 4 is 17.4 Å². The van der Waals surface area contributed by atoms with E-state index < -0.39 is 4.92 Å². The Morgan fingerprint density at radius 2 is 2.20 bits per heavy atom. The van der Waals surface area contributed by atoms with Crippen molar-refractivity contribution in [2.24, 2.45) is 0 Å². The van der Waals surface area contributed by atoms with E-state index in [0.29, 0.717) is 18.7 Å². The minimum Gasteiger partial charge on any atom is -0.487 e. The molecule has 0 bridgehead atoms. The number of rotatable bonds is 7. The van der Waals surface area contributed by atoms with Gasteiger partial charge in [-0.3, -0.25) is 20.1 Å². The summed E-state index contributed by atoms with van der Waals surface area (Å²) in [4.78, 5) is 32.3. The average molecular weight is 345 g/mol. The highest BCUT2D eigenvalue weighted by molar-refractivity contribution is 5.89. The highest BCUT2D eigenvalue weighted by atomic mass is 16.6. The van der Waals surface area contributed by atoms with Crippen LogP contribution in [0, 0.1) is 10.1 Å². The van der Waals surface area contributed by atoms with E-state index in [1.54, 1.807) is 32.6 Å². The van der Waals surface area contributed by atoms with Crippen LogP contribution in [0.2, 0.25) is 0 Å². The third kappa shape index (κ3) is 5.13. The second-order valence-corrected chi connectivity index (χ2v) is 5.17. The third-order valence-electron chi connectivity index (χ3n) is 3.37. The van der Waals surface area contributed by atoms with E-state index >= 15 is 0 Å². The number of hydrogen-bond donors (Lipinski definition) is 1. The summed E-state index contributed by atoms with van der Waals surface area (Å²) in [5.74, 6) is 0.118. The molecule has 2 amide bonds. The van der Waals surface area contributed by atoms with Gasteiger partial charge in [-0.2, -0.15) is 0 Å². The van der Waals surface area contributed by atoms with E-state index in [-0.39, 0.29) is 24.1 Å². The molecular formula is C16H19N5O4.